The first-order valence-corrected chi connectivity index (χ1v) is 10.4. The molecule has 2 aromatic carbocycles. The molecule has 1 amide bonds. The van der Waals surface area contributed by atoms with E-state index < -0.39 is 5.82 Å². The van der Waals surface area contributed by atoms with Crippen molar-refractivity contribution in [3.05, 3.63) is 58.9 Å². The van der Waals surface area contributed by atoms with E-state index in [1.807, 2.05) is 6.92 Å². The Morgan fingerprint density at radius 3 is 2.54 bits per heavy atom. The summed E-state index contributed by atoms with van der Waals surface area (Å²) in [6, 6.07) is 10.0. The van der Waals surface area contributed by atoms with Gasteiger partial charge in [0.2, 0.25) is 0 Å². The summed E-state index contributed by atoms with van der Waals surface area (Å²) in [5.41, 5.74) is 3.53. The molecule has 0 N–H and O–H groups in total. The number of hydrogen-bond donors (Lipinski definition) is 0. The lowest BCUT2D eigenvalue weighted by Gasteiger charge is -2.24. The average Bonchev–Trinajstić information content (AvgIpc) is 3.09. The minimum Gasteiger partial charge on any atom is -0.302 e. The third-order valence-corrected chi connectivity index (χ3v) is 5.93. The summed E-state index contributed by atoms with van der Waals surface area (Å²) in [5.74, 6) is -0.634. The second-order valence-electron chi connectivity index (χ2n) is 6.92. The van der Waals surface area contributed by atoms with Gasteiger partial charge in [-0.15, -0.1) is 0 Å². The smallest absolute Gasteiger partial charge is 0.260 e. The number of halogens is 1. The van der Waals surface area contributed by atoms with Crippen LogP contribution in [-0.2, 0) is 0 Å². The minimum atomic E-state index is -0.412. The standard InChI is InChI=1S/C22H26FN3OS/c1-5-25(6-2)10-11-26(21(27)17-8-7-9-18(23)14-17)22-24-20-16(4)12-15(3)13-19(20)28-22/h7-9,12-14H,5-6,10-11H2,1-4H3. The van der Waals surface area contributed by atoms with Crippen molar-refractivity contribution in [2.45, 2.75) is 27.7 Å². The van der Waals surface area contributed by atoms with Gasteiger partial charge in [-0.05, 0) is 62.3 Å². The van der Waals surface area contributed by atoms with Gasteiger partial charge in [-0.1, -0.05) is 37.3 Å². The summed E-state index contributed by atoms with van der Waals surface area (Å²) in [6.07, 6.45) is 0. The highest BCUT2D eigenvalue weighted by Crippen LogP contribution is 2.32. The van der Waals surface area contributed by atoms with Crippen LogP contribution in [0.3, 0.4) is 0 Å². The van der Waals surface area contributed by atoms with E-state index in [9.17, 15) is 9.18 Å². The summed E-state index contributed by atoms with van der Waals surface area (Å²) in [7, 11) is 0. The molecule has 6 heteroatoms. The number of aryl methyl sites for hydroxylation is 2. The Morgan fingerprint density at radius 2 is 1.86 bits per heavy atom. The highest BCUT2D eigenvalue weighted by molar-refractivity contribution is 7.22. The fourth-order valence-electron chi connectivity index (χ4n) is 3.32. The molecule has 0 aliphatic heterocycles. The first kappa shape index (κ1) is 20.4. The van der Waals surface area contributed by atoms with Gasteiger partial charge in [0.25, 0.3) is 5.91 Å². The van der Waals surface area contributed by atoms with Gasteiger partial charge in [0.1, 0.15) is 5.82 Å². The molecule has 1 aromatic heterocycles. The number of thiazole rings is 1. The van der Waals surface area contributed by atoms with E-state index in [-0.39, 0.29) is 5.91 Å². The zero-order chi connectivity index (χ0) is 20.3. The van der Waals surface area contributed by atoms with Crippen LogP contribution in [0.1, 0.15) is 35.3 Å². The predicted molar refractivity (Wildman–Crippen MR) is 115 cm³/mol. The molecule has 3 rings (SSSR count). The van der Waals surface area contributed by atoms with Crippen molar-refractivity contribution in [2.75, 3.05) is 31.1 Å². The zero-order valence-electron chi connectivity index (χ0n) is 16.8. The molecule has 0 aliphatic carbocycles. The van der Waals surface area contributed by atoms with E-state index in [0.29, 0.717) is 17.2 Å². The number of aromatic nitrogens is 1. The number of rotatable bonds is 7. The Bertz CT molecular complexity index is 981. The third-order valence-electron chi connectivity index (χ3n) is 4.90. The quantitative estimate of drug-likeness (QED) is 0.558. The number of carbonyl (C=O) groups is 1. The Kier molecular flexibility index (Phi) is 6.42. The van der Waals surface area contributed by atoms with E-state index >= 15 is 0 Å². The summed E-state index contributed by atoms with van der Waals surface area (Å²) >= 11 is 1.51. The Morgan fingerprint density at radius 1 is 1.11 bits per heavy atom. The Hall–Kier alpha value is -2.31. The second-order valence-corrected chi connectivity index (χ2v) is 7.93. The molecule has 0 bridgehead atoms. The van der Waals surface area contributed by atoms with E-state index in [1.54, 1.807) is 17.0 Å². The largest absolute Gasteiger partial charge is 0.302 e. The minimum absolute atomic E-state index is 0.222. The number of fused-ring (bicyclic) bond motifs is 1. The molecule has 0 unspecified atom stereocenters. The molecule has 4 nitrogen and oxygen atoms in total. The molecular weight excluding hydrogens is 373 g/mol. The third kappa shape index (κ3) is 4.39. The summed E-state index contributed by atoms with van der Waals surface area (Å²) in [6.45, 7) is 11.4. The van der Waals surface area contributed by atoms with Gasteiger partial charge in [0, 0.05) is 18.7 Å². The van der Waals surface area contributed by atoms with Gasteiger partial charge in [0.05, 0.1) is 10.2 Å². The molecular formula is C22H26FN3OS. The van der Waals surface area contributed by atoms with Crippen molar-refractivity contribution < 1.29 is 9.18 Å². The van der Waals surface area contributed by atoms with Crippen LogP contribution in [0.15, 0.2) is 36.4 Å². The van der Waals surface area contributed by atoms with Gasteiger partial charge in [-0.3, -0.25) is 9.69 Å². The van der Waals surface area contributed by atoms with Crippen molar-refractivity contribution in [1.82, 2.24) is 9.88 Å². The monoisotopic (exact) mass is 399 g/mol. The number of benzene rings is 2. The predicted octanol–water partition coefficient (Wildman–Crippen LogP) is 5.04. The first-order valence-electron chi connectivity index (χ1n) is 9.60. The van der Waals surface area contributed by atoms with Crippen LogP contribution in [0, 0.1) is 19.7 Å². The van der Waals surface area contributed by atoms with Crippen LogP contribution < -0.4 is 4.90 Å². The topological polar surface area (TPSA) is 36.4 Å². The molecule has 0 saturated carbocycles. The first-order chi connectivity index (χ1) is 13.4. The average molecular weight is 400 g/mol. The highest BCUT2D eigenvalue weighted by Gasteiger charge is 2.22. The Labute approximate surface area is 169 Å². The van der Waals surface area contributed by atoms with E-state index in [4.69, 9.17) is 4.98 Å². The number of anilines is 1. The van der Waals surface area contributed by atoms with Crippen LogP contribution in [0.4, 0.5) is 9.52 Å². The molecule has 28 heavy (non-hydrogen) atoms. The maximum absolute atomic E-state index is 13.7. The van der Waals surface area contributed by atoms with Gasteiger partial charge in [0.15, 0.2) is 5.13 Å². The normalized spacial score (nSPS) is 11.4. The number of amides is 1. The number of nitrogens with zero attached hydrogens (tertiary/aromatic N) is 3. The molecule has 0 saturated heterocycles. The molecule has 0 aliphatic rings. The Balaban J connectivity index is 2.00. The van der Waals surface area contributed by atoms with Crippen molar-refractivity contribution >= 4 is 32.6 Å². The number of likely N-dealkylation sites (N-methyl/N-ethyl adjacent to an activating group) is 1. The summed E-state index contributed by atoms with van der Waals surface area (Å²) < 4.78 is 14.8. The van der Waals surface area contributed by atoms with Gasteiger partial charge >= 0.3 is 0 Å². The van der Waals surface area contributed by atoms with Gasteiger partial charge < -0.3 is 4.90 Å². The van der Waals surface area contributed by atoms with Crippen LogP contribution in [0.2, 0.25) is 0 Å². The van der Waals surface area contributed by atoms with Crippen LogP contribution in [-0.4, -0.2) is 42.0 Å². The van der Waals surface area contributed by atoms with Gasteiger partial charge in [-0.25, -0.2) is 9.37 Å². The molecule has 1 heterocycles. The fraction of sp³-hybridized carbons (Fsp3) is 0.364. The lowest BCUT2D eigenvalue weighted by Crippen LogP contribution is -2.38. The molecule has 0 fully saturated rings. The van der Waals surface area contributed by atoms with E-state index in [1.165, 1.54) is 29.0 Å². The number of carbonyl (C=O) groups excluding carboxylic acids is 1. The van der Waals surface area contributed by atoms with Gasteiger partial charge in [-0.2, -0.15) is 0 Å². The second kappa shape index (κ2) is 8.80. The van der Waals surface area contributed by atoms with E-state index in [0.717, 1.165) is 35.4 Å². The lowest BCUT2D eigenvalue weighted by molar-refractivity contribution is 0.0983. The lowest BCUT2D eigenvalue weighted by atomic mass is 10.1. The van der Waals surface area contributed by atoms with Crippen molar-refractivity contribution in [3.63, 3.8) is 0 Å². The SMILES string of the molecule is CCN(CC)CCN(C(=O)c1cccc(F)c1)c1nc2c(C)cc(C)cc2s1. The molecule has 0 spiro atoms. The molecule has 0 radical (unpaired) electrons. The molecule has 0 atom stereocenters. The summed E-state index contributed by atoms with van der Waals surface area (Å²) in [4.78, 5) is 21.9. The highest BCUT2D eigenvalue weighted by atomic mass is 32.1. The van der Waals surface area contributed by atoms with Crippen molar-refractivity contribution in [1.29, 1.82) is 0 Å². The maximum atomic E-state index is 13.7. The fourth-order valence-corrected chi connectivity index (χ4v) is 4.48. The molecule has 148 valence electrons. The number of hydrogen-bond acceptors (Lipinski definition) is 4. The van der Waals surface area contributed by atoms with Crippen molar-refractivity contribution in [2.24, 2.45) is 0 Å². The van der Waals surface area contributed by atoms with Crippen molar-refractivity contribution in [3.8, 4) is 0 Å². The zero-order valence-corrected chi connectivity index (χ0v) is 17.6. The molecule has 3 aromatic rings. The van der Waals surface area contributed by atoms with E-state index in [2.05, 4.69) is 37.8 Å². The van der Waals surface area contributed by atoms with Crippen LogP contribution >= 0.6 is 11.3 Å². The van der Waals surface area contributed by atoms with Crippen LogP contribution in [0.25, 0.3) is 10.2 Å². The van der Waals surface area contributed by atoms with Crippen LogP contribution in [0.5, 0.6) is 0 Å². The summed E-state index contributed by atoms with van der Waals surface area (Å²) in [5, 5.41) is 0.658. The maximum Gasteiger partial charge on any atom is 0.260 e.